The number of nitrogens with one attached hydrogen (secondary N) is 1. The highest BCUT2D eigenvalue weighted by Crippen LogP contribution is 2.32. The van der Waals surface area contributed by atoms with E-state index in [0.29, 0.717) is 30.7 Å². The smallest absolute Gasteiger partial charge is 0.277 e. The number of phenolic OH excluding ortho intramolecular Hbond substituents is 1. The second kappa shape index (κ2) is 10.2. The molecule has 0 saturated heterocycles. The van der Waals surface area contributed by atoms with Gasteiger partial charge in [-0.25, -0.2) is 0 Å². The van der Waals surface area contributed by atoms with Gasteiger partial charge in [-0.05, 0) is 55.2 Å². The Hall–Kier alpha value is -4.53. The van der Waals surface area contributed by atoms with Gasteiger partial charge in [0.15, 0.2) is 0 Å². The lowest BCUT2D eigenvalue weighted by atomic mass is 9.98. The third kappa shape index (κ3) is 4.80. The predicted molar refractivity (Wildman–Crippen MR) is 136 cm³/mol. The van der Waals surface area contributed by atoms with Crippen LogP contribution >= 0.6 is 0 Å². The fraction of sp³-hybridized carbons (Fsp3) is 0.250. The fourth-order valence-electron chi connectivity index (χ4n) is 4.87. The number of nitrogens with zero attached hydrogens (tertiary/aromatic N) is 4. The molecule has 1 unspecified atom stereocenters. The molecule has 0 spiro atoms. The average molecular weight is 498 g/mol. The van der Waals surface area contributed by atoms with E-state index in [1.807, 2.05) is 29.2 Å². The van der Waals surface area contributed by atoms with Crippen LogP contribution in [-0.4, -0.2) is 68.8 Å². The second-order valence-electron chi connectivity index (χ2n) is 9.17. The number of benzene rings is 1. The predicted octanol–water partition coefficient (Wildman–Crippen LogP) is 2.54. The lowest BCUT2D eigenvalue weighted by molar-refractivity contribution is -0.136. The van der Waals surface area contributed by atoms with E-state index >= 15 is 0 Å². The van der Waals surface area contributed by atoms with Crippen molar-refractivity contribution in [3.63, 3.8) is 0 Å². The molecule has 1 atom stereocenters. The summed E-state index contributed by atoms with van der Waals surface area (Å²) < 4.78 is 0. The van der Waals surface area contributed by atoms with Gasteiger partial charge in [0.25, 0.3) is 17.7 Å². The SMILES string of the molecule is CN1C(=O)C2=C(C1=O)N(C(CNC(=O)c1ccccc1O)Cc1ccc(-c3cccnc3)nc1)CCC2. The summed E-state index contributed by atoms with van der Waals surface area (Å²) in [5, 5.41) is 13.0. The number of hydrogen-bond acceptors (Lipinski definition) is 7. The average Bonchev–Trinajstić information content (AvgIpc) is 3.16. The molecule has 188 valence electrons. The molecule has 9 nitrogen and oxygen atoms in total. The monoisotopic (exact) mass is 497 g/mol. The van der Waals surface area contributed by atoms with Crippen molar-refractivity contribution >= 4 is 17.7 Å². The Morgan fingerprint density at radius 2 is 1.92 bits per heavy atom. The molecule has 0 fully saturated rings. The standard InChI is InChI=1S/C28H27N5O4/c1-32-27(36)22-8-5-13-33(25(22)28(32)37)20(17-31-26(35)21-7-2-3-9-24(21)34)14-18-10-11-23(30-15-18)19-6-4-12-29-16-19/h2-4,6-7,9-12,15-16,20,34H,5,8,13-14,17H2,1H3,(H,31,35). The summed E-state index contributed by atoms with van der Waals surface area (Å²) in [6.07, 6.45) is 7.02. The molecule has 1 aromatic carbocycles. The highest BCUT2D eigenvalue weighted by Gasteiger charge is 2.42. The number of aromatic nitrogens is 2. The van der Waals surface area contributed by atoms with Crippen molar-refractivity contribution < 1.29 is 19.5 Å². The molecule has 0 aliphatic carbocycles. The number of para-hydroxylation sites is 1. The summed E-state index contributed by atoms with van der Waals surface area (Å²) in [6, 6.07) is 13.7. The number of carbonyl (C=O) groups is 3. The van der Waals surface area contributed by atoms with Crippen molar-refractivity contribution in [1.29, 1.82) is 0 Å². The van der Waals surface area contributed by atoms with E-state index in [9.17, 15) is 19.5 Å². The molecule has 3 aromatic rings. The third-order valence-corrected chi connectivity index (χ3v) is 6.81. The van der Waals surface area contributed by atoms with E-state index in [1.165, 1.54) is 13.1 Å². The number of likely N-dealkylation sites (N-methyl/N-ethyl adjacent to an activating group) is 1. The quantitative estimate of drug-likeness (QED) is 0.482. The first kappa shape index (κ1) is 24.2. The highest BCUT2D eigenvalue weighted by atomic mass is 16.3. The van der Waals surface area contributed by atoms with Gasteiger partial charge in [-0.15, -0.1) is 0 Å². The second-order valence-corrected chi connectivity index (χ2v) is 9.17. The number of rotatable bonds is 7. The number of aromatic hydroxyl groups is 1. The molecule has 2 aliphatic heterocycles. The highest BCUT2D eigenvalue weighted by molar-refractivity contribution is 6.19. The van der Waals surface area contributed by atoms with Crippen LogP contribution in [0.25, 0.3) is 11.3 Å². The molecule has 2 aromatic heterocycles. The maximum absolute atomic E-state index is 13.0. The first-order valence-electron chi connectivity index (χ1n) is 12.2. The van der Waals surface area contributed by atoms with Crippen LogP contribution in [-0.2, 0) is 16.0 Å². The van der Waals surface area contributed by atoms with Crippen LogP contribution in [0.2, 0.25) is 0 Å². The van der Waals surface area contributed by atoms with Crippen LogP contribution in [0.5, 0.6) is 5.75 Å². The van der Waals surface area contributed by atoms with Crippen molar-refractivity contribution in [2.45, 2.75) is 25.3 Å². The summed E-state index contributed by atoms with van der Waals surface area (Å²) >= 11 is 0. The Morgan fingerprint density at radius 3 is 2.65 bits per heavy atom. The van der Waals surface area contributed by atoms with Crippen LogP contribution < -0.4 is 5.32 Å². The van der Waals surface area contributed by atoms with E-state index in [1.54, 1.807) is 36.8 Å². The maximum atomic E-state index is 13.0. The van der Waals surface area contributed by atoms with Gasteiger partial charge in [0.2, 0.25) is 0 Å². The molecule has 37 heavy (non-hydrogen) atoms. The zero-order chi connectivity index (χ0) is 25.9. The minimum Gasteiger partial charge on any atom is -0.507 e. The summed E-state index contributed by atoms with van der Waals surface area (Å²) in [6.45, 7) is 0.795. The molecule has 4 heterocycles. The number of pyridine rings is 2. The lowest BCUT2D eigenvalue weighted by Gasteiger charge is -2.36. The molecular formula is C28H27N5O4. The van der Waals surface area contributed by atoms with Crippen LogP contribution in [0.3, 0.4) is 0 Å². The van der Waals surface area contributed by atoms with Crippen LogP contribution in [0, 0.1) is 0 Å². The number of imide groups is 1. The summed E-state index contributed by atoms with van der Waals surface area (Å²) in [5.74, 6) is -1.09. The van der Waals surface area contributed by atoms with Crippen LogP contribution in [0.15, 0.2) is 78.4 Å². The minimum atomic E-state index is -0.412. The fourth-order valence-corrected chi connectivity index (χ4v) is 4.87. The van der Waals surface area contributed by atoms with Gasteiger partial charge in [-0.3, -0.25) is 29.3 Å². The Balaban J connectivity index is 1.41. The van der Waals surface area contributed by atoms with Crippen LogP contribution in [0.1, 0.15) is 28.8 Å². The summed E-state index contributed by atoms with van der Waals surface area (Å²) in [4.78, 5) is 50.3. The topological polar surface area (TPSA) is 116 Å². The number of carbonyl (C=O) groups excluding carboxylic acids is 3. The van der Waals surface area contributed by atoms with Gasteiger partial charge in [-0.1, -0.05) is 18.2 Å². The van der Waals surface area contributed by atoms with Crippen LogP contribution in [0.4, 0.5) is 0 Å². The zero-order valence-electron chi connectivity index (χ0n) is 20.4. The molecule has 0 bridgehead atoms. The van der Waals surface area contributed by atoms with E-state index in [4.69, 9.17) is 0 Å². The Kier molecular flexibility index (Phi) is 6.68. The first-order chi connectivity index (χ1) is 17.9. The molecule has 3 amide bonds. The Labute approximate surface area is 214 Å². The molecule has 0 saturated carbocycles. The van der Waals surface area contributed by atoms with E-state index in [2.05, 4.69) is 15.3 Å². The normalized spacial score (nSPS) is 16.1. The molecule has 9 heteroatoms. The van der Waals surface area contributed by atoms with Crippen molar-refractivity contribution in [1.82, 2.24) is 25.1 Å². The Bertz CT molecular complexity index is 1370. The molecule has 0 radical (unpaired) electrons. The van der Waals surface area contributed by atoms with Gasteiger partial charge < -0.3 is 15.3 Å². The summed E-state index contributed by atoms with van der Waals surface area (Å²) in [7, 11) is 1.50. The van der Waals surface area contributed by atoms with Gasteiger partial charge in [0.1, 0.15) is 11.4 Å². The largest absolute Gasteiger partial charge is 0.507 e. The van der Waals surface area contributed by atoms with Crippen molar-refractivity contribution in [3.05, 3.63) is 89.5 Å². The third-order valence-electron chi connectivity index (χ3n) is 6.81. The summed E-state index contributed by atoms with van der Waals surface area (Å²) in [5.41, 5.74) is 3.75. The number of phenols is 1. The van der Waals surface area contributed by atoms with E-state index in [-0.39, 0.29) is 35.7 Å². The maximum Gasteiger partial charge on any atom is 0.277 e. The lowest BCUT2D eigenvalue weighted by Crippen LogP contribution is -2.48. The molecule has 2 aliphatic rings. The van der Waals surface area contributed by atoms with E-state index in [0.717, 1.165) is 28.1 Å². The van der Waals surface area contributed by atoms with Gasteiger partial charge >= 0.3 is 0 Å². The van der Waals surface area contributed by atoms with Gasteiger partial charge in [0.05, 0.1) is 17.3 Å². The van der Waals surface area contributed by atoms with Gasteiger partial charge in [-0.2, -0.15) is 0 Å². The van der Waals surface area contributed by atoms with Crippen molar-refractivity contribution in [2.75, 3.05) is 20.1 Å². The number of amides is 3. The molecular weight excluding hydrogens is 470 g/mol. The first-order valence-corrected chi connectivity index (χ1v) is 12.2. The molecule has 5 rings (SSSR count). The van der Waals surface area contributed by atoms with Gasteiger partial charge in [0, 0.05) is 49.9 Å². The minimum absolute atomic E-state index is 0.104. The van der Waals surface area contributed by atoms with Crippen molar-refractivity contribution in [3.8, 4) is 17.0 Å². The molecule has 2 N–H and O–H groups in total. The zero-order valence-corrected chi connectivity index (χ0v) is 20.4. The Morgan fingerprint density at radius 1 is 1.08 bits per heavy atom. The van der Waals surface area contributed by atoms with Crippen molar-refractivity contribution in [2.24, 2.45) is 0 Å². The number of hydrogen-bond donors (Lipinski definition) is 2. The van der Waals surface area contributed by atoms with E-state index < -0.39 is 5.91 Å².